The number of amides is 2. The molecule has 0 spiro atoms. The molecule has 4 heterocycles. The summed E-state index contributed by atoms with van der Waals surface area (Å²) in [6, 6.07) is 29.3. The number of nitrogens with one attached hydrogen (secondary N) is 4. The first-order chi connectivity index (χ1) is 27.6. The standard InChI is InChI=1S/C41H43N9O6S/c1-48(2)22-20-29(27-56-30-11-4-3-5-12-30)42-34-18-17-31(24-36(34)46-53)57(54,55)47-41(52)35-14-9-16-38(43-35)50-23-19-28-10-8-13-32(33(28)25-50)40(51)45-37-26-49-21-7-6-15-39(49)44-37/h3-18,21,24,26,29,42,46,53H,19-20,22-23,25,27H2,1-2H3,(H,45,51)(H,47,52)/t29-/m1/s1. The van der Waals surface area contributed by atoms with E-state index >= 15 is 0 Å². The van der Waals surface area contributed by atoms with Crippen LogP contribution in [0.3, 0.4) is 0 Å². The van der Waals surface area contributed by atoms with Gasteiger partial charge >= 0.3 is 0 Å². The molecule has 0 fully saturated rings. The molecule has 0 saturated carbocycles. The monoisotopic (exact) mass is 789 g/mol. The lowest BCUT2D eigenvalue weighted by Crippen LogP contribution is -2.34. The summed E-state index contributed by atoms with van der Waals surface area (Å²) in [4.78, 5) is 39.6. The number of para-hydroxylation sites is 1. The van der Waals surface area contributed by atoms with Gasteiger partial charge in [0.05, 0.1) is 28.5 Å². The van der Waals surface area contributed by atoms with Gasteiger partial charge in [0.25, 0.3) is 21.8 Å². The summed E-state index contributed by atoms with van der Waals surface area (Å²) >= 11 is 0. The number of hydrogen-bond donors (Lipinski definition) is 5. The van der Waals surface area contributed by atoms with Crippen LogP contribution in [-0.2, 0) is 23.0 Å². The van der Waals surface area contributed by atoms with Gasteiger partial charge in [-0.15, -0.1) is 0 Å². The number of benzene rings is 3. The molecule has 0 saturated heterocycles. The number of aromatic nitrogens is 3. The fraction of sp³-hybridized carbons (Fsp3) is 0.220. The van der Waals surface area contributed by atoms with Crippen molar-refractivity contribution in [2.24, 2.45) is 0 Å². The summed E-state index contributed by atoms with van der Waals surface area (Å²) in [5, 5.41) is 16.3. The fourth-order valence-corrected chi connectivity index (χ4v) is 7.57. The minimum Gasteiger partial charge on any atom is -0.491 e. The van der Waals surface area contributed by atoms with Crippen LogP contribution >= 0.6 is 0 Å². The molecule has 3 aromatic heterocycles. The van der Waals surface area contributed by atoms with Gasteiger partial charge in [-0.05, 0) is 105 Å². The molecule has 15 nitrogen and oxygen atoms in total. The molecule has 2 amide bonds. The molecule has 0 radical (unpaired) electrons. The maximum atomic E-state index is 13.5. The van der Waals surface area contributed by atoms with Crippen molar-refractivity contribution in [2.45, 2.75) is 30.3 Å². The molecule has 3 aromatic carbocycles. The predicted octanol–water partition coefficient (Wildman–Crippen LogP) is 5.28. The third-order valence-corrected chi connectivity index (χ3v) is 10.9. The highest BCUT2D eigenvalue weighted by atomic mass is 32.2. The van der Waals surface area contributed by atoms with E-state index in [1.165, 1.54) is 24.3 Å². The first-order valence-corrected chi connectivity index (χ1v) is 19.8. The quantitative estimate of drug-likeness (QED) is 0.0852. The fourth-order valence-electron chi connectivity index (χ4n) is 6.58. The Bertz CT molecular complexity index is 2460. The lowest BCUT2D eigenvalue weighted by Gasteiger charge is -2.31. The van der Waals surface area contributed by atoms with Crippen LogP contribution in [0.15, 0.2) is 120 Å². The highest BCUT2D eigenvalue weighted by molar-refractivity contribution is 7.90. The molecule has 0 unspecified atom stereocenters. The topological polar surface area (TPSA) is 183 Å². The van der Waals surface area contributed by atoms with Crippen LogP contribution < -0.4 is 30.5 Å². The molecule has 57 heavy (non-hydrogen) atoms. The predicted molar refractivity (Wildman–Crippen MR) is 218 cm³/mol. The van der Waals surface area contributed by atoms with Gasteiger partial charge in [-0.25, -0.2) is 23.1 Å². The molecule has 1 aliphatic heterocycles. The van der Waals surface area contributed by atoms with E-state index in [0.29, 0.717) is 66.8 Å². The van der Waals surface area contributed by atoms with Crippen LogP contribution in [0.25, 0.3) is 5.65 Å². The van der Waals surface area contributed by atoms with Gasteiger partial charge in [-0.2, -0.15) is 0 Å². The molecule has 6 aromatic rings. The maximum absolute atomic E-state index is 13.5. The SMILES string of the molecule is CN(C)CC[C@H](COc1ccccc1)Nc1ccc(S(=O)(=O)NC(=O)c2cccc(N3CCc4cccc(C(=O)Nc5cn6ccccc6n5)c4C3)n2)cc1NO. The van der Waals surface area contributed by atoms with Crippen LogP contribution in [0.1, 0.15) is 38.4 Å². The Morgan fingerprint density at radius 1 is 0.912 bits per heavy atom. The Kier molecular flexibility index (Phi) is 11.6. The smallest absolute Gasteiger partial charge is 0.283 e. The molecule has 0 aliphatic carbocycles. The largest absolute Gasteiger partial charge is 0.491 e. The van der Waals surface area contributed by atoms with E-state index in [2.05, 4.69) is 30.8 Å². The van der Waals surface area contributed by atoms with E-state index in [9.17, 15) is 23.2 Å². The van der Waals surface area contributed by atoms with E-state index in [4.69, 9.17) is 4.74 Å². The van der Waals surface area contributed by atoms with Gasteiger partial charge in [-0.3, -0.25) is 20.3 Å². The van der Waals surface area contributed by atoms with Crippen molar-refractivity contribution >= 4 is 50.5 Å². The molecular formula is C41H43N9O6S. The van der Waals surface area contributed by atoms with E-state index in [-0.39, 0.29) is 28.2 Å². The van der Waals surface area contributed by atoms with Gasteiger partial charge in [0, 0.05) is 24.8 Å². The lowest BCUT2D eigenvalue weighted by atomic mass is 9.94. The number of hydrogen-bond acceptors (Lipinski definition) is 12. The van der Waals surface area contributed by atoms with Gasteiger partial charge in [0.2, 0.25) is 0 Å². The highest BCUT2D eigenvalue weighted by Gasteiger charge is 2.26. The number of rotatable bonds is 15. The molecule has 294 valence electrons. The highest BCUT2D eigenvalue weighted by Crippen LogP contribution is 2.29. The van der Waals surface area contributed by atoms with Crippen molar-refractivity contribution in [1.82, 2.24) is 24.0 Å². The van der Waals surface area contributed by atoms with Crippen molar-refractivity contribution in [3.05, 3.63) is 138 Å². The van der Waals surface area contributed by atoms with Crippen LogP contribution in [0.4, 0.5) is 23.0 Å². The molecular weight excluding hydrogens is 747 g/mol. The first-order valence-electron chi connectivity index (χ1n) is 18.3. The summed E-state index contributed by atoms with van der Waals surface area (Å²) in [7, 11) is -0.467. The normalized spacial score (nSPS) is 13.2. The second-order valence-electron chi connectivity index (χ2n) is 13.9. The number of pyridine rings is 2. The Hall–Kier alpha value is -6.49. The summed E-state index contributed by atoms with van der Waals surface area (Å²) in [6.45, 7) is 1.97. The number of nitrogens with zero attached hydrogens (tertiary/aromatic N) is 5. The Labute approximate surface area is 330 Å². The number of anilines is 4. The van der Waals surface area contributed by atoms with Gasteiger partial charge in [-0.1, -0.05) is 42.5 Å². The number of fused-ring (bicyclic) bond motifs is 2. The minimum absolute atomic E-state index is 0.0942. The zero-order chi connectivity index (χ0) is 39.9. The van der Waals surface area contributed by atoms with Crippen LogP contribution in [0.2, 0.25) is 0 Å². The average Bonchev–Trinajstić information content (AvgIpc) is 3.64. The van der Waals surface area contributed by atoms with Crippen molar-refractivity contribution in [1.29, 1.82) is 0 Å². The minimum atomic E-state index is -4.40. The van der Waals surface area contributed by atoms with Crippen molar-refractivity contribution in [3.63, 3.8) is 0 Å². The van der Waals surface area contributed by atoms with E-state index in [0.717, 1.165) is 17.7 Å². The number of ether oxygens (including phenoxy) is 1. The van der Waals surface area contributed by atoms with E-state index < -0.39 is 15.9 Å². The van der Waals surface area contributed by atoms with Gasteiger partial charge in [0.1, 0.15) is 29.5 Å². The molecule has 1 atom stereocenters. The van der Waals surface area contributed by atoms with Crippen LogP contribution in [0.5, 0.6) is 5.75 Å². The van der Waals surface area contributed by atoms with Crippen molar-refractivity contribution in [3.8, 4) is 5.75 Å². The first kappa shape index (κ1) is 38.8. The Morgan fingerprint density at radius 2 is 1.72 bits per heavy atom. The Balaban J connectivity index is 1.03. The third kappa shape index (κ3) is 9.32. The zero-order valence-corrected chi connectivity index (χ0v) is 32.2. The van der Waals surface area contributed by atoms with E-state index in [1.54, 1.807) is 24.4 Å². The second kappa shape index (κ2) is 17.1. The lowest BCUT2D eigenvalue weighted by molar-refractivity contribution is 0.0975. The second-order valence-corrected chi connectivity index (χ2v) is 15.5. The average molecular weight is 790 g/mol. The van der Waals surface area contributed by atoms with Gasteiger partial charge < -0.3 is 29.6 Å². The summed E-state index contributed by atoms with van der Waals surface area (Å²) in [5.74, 6) is 0.362. The summed E-state index contributed by atoms with van der Waals surface area (Å²) < 4.78 is 36.9. The molecule has 16 heteroatoms. The third-order valence-electron chi connectivity index (χ3n) is 9.54. The zero-order valence-electron chi connectivity index (χ0n) is 31.4. The maximum Gasteiger partial charge on any atom is 0.283 e. The van der Waals surface area contributed by atoms with Crippen LogP contribution in [0, 0.1) is 0 Å². The molecule has 7 rings (SSSR count). The molecule has 5 N–H and O–H groups in total. The molecule has 0 bridgehead atoms. The Morgan fingerprint density at radius 3 is 2.51 bits per heavy atom. The van der Waals surface area contributed by atoms with Gasteiger partial charge in [0.15, 0.2) is 5.82 Å². The number of imidazole rings is 1. The number of sulfonamides is 1. The van der Waals surface area contributed by atoms with Crippen LogP contribution in [-0.4, -0.2) is 84.5 Å². The van der Waals surface area contributed by atoms with Crippen molar-refractivity contribution < 1.29 is 28.0 Å². The van der Waals surface area contributed by atoms with Crippen molar-refractivity contribution in [2.75, 3.05) is 54.8 Å². The number of carbonyl (C=O) groups is 2. The van der Waals surface area contributed by atoms with E-state index in [1.807, 2.05) is 95.2 Å². The summed E-state index contributed by atoms with van der Waals surface area (Å²) in [6.07, 6.45) is 4.92. The number of carbonyl (C=O) groups excluding carboxylic acids is 2. The molecule has 1 aliphatic rings. The summed E-state index contributed by atoms with van der Waals surface area (Å²) in [5.41, 5.74) is 5.56.